The van der Waals surface area contributed by atoms with Crippen molar-refractivity contribution in [2.75, 3.05) is 6.61 Å². The maximum absolute atomic E-state index is 14.4. The molecule has 10 heteroatoms. The standard InChI is InChI=1S/C24H36ClFIN3O3Si/c1-15(2)30(16(3)4)24(31)33-21(18-9-10-19(25)20(26)13-18)23-28-17(5)22(27)29(23)14-32-11-12-34(6,7)8/h9-10,13,15-16,21H,11-12,14H2,1-8H3. The summed E-state index contributed by atoms with van der Waals surface area (Å²) in [6.07, 6.45) is -1.42. The predicted molar refractivity (Wildman–Crippen MR) is 146 cm³/mol. The summed E-state index contributed by atoms with van der Waals surface area (Å²) in [6.45, 7) is 17.4. The summed E-state index contributed by atoms with van der Waals surface area (Å²) in [4.78, 5) is 19.6. The number of hydrogen-bond acceptors (Lipinski definition) is 4. The third kappa shape index (κ3) is 7.66. The molecule has 6 nitrogen and oxygen atoms in total. The molecule has 1 unspecified atom stereocenters. The number of ether oxygens (including phenoxy) is 2. The monoisotopic (exact) mass is 623 g/mol. The summed E-state index contributed by atoms with van der Waals surface area (Å²) in [6, 6.07) is 5.31. The molecule has 0 N–H and O–H groups in total. The topological polar surface area (TPSA) is 56.6 Å². The fourth-order valence-corrected chi connectivity index (χ4v) is 4.94. The molecule has 0 bridgehead atoms. The van der Waals surface area contributed by atoms with E-state index in [0.29, 0.717) is 18.0 Å². The summed E-state index contributed by atoms with van der Waals surface area (Å²) < 4.78 is 29.2. The third-order valence-corrected chi connectivity index (χ3v) is 8.71. The number of hydrogen-bond donors (Lipinski definition) is 0. The Morgan fingerprint density at radius 3 is 2.38 bits per heavy atom. The average Bonchev–Trinajstić information content (AvgIpc) is 2.98. The van der Waals surface area contributed by atoms with E-state index in [1.807, 2.05) is 39.2 Å². The molecule has 0 saturated carbocycles. The van der Waals surface area contributed by atoms with Gasteiger partial charge in [-0.1, -0.05) is 37.3 Å². The average molecular weight is 624 g/mol. The summed E-state index contributed by atoms with van der Waals surface area (Å²) in [5.74, 6) is -0.0989. The van der Waals surface area contributed by atoms with E-state index >= 15 is 0 Å². The SMILES string of the molecule is Cc1nc(C(OC(=O)N(C(C)C)C(C)C)c2ccc(Cl)c(F)c2)n(COCC[Si](C)(C)C)c1I. The maximum Gasteiger partial charge on any atom is 0.411 e. The molecule has 0 saturated heterocycles. The molecule has 2 aromatic rings. The van der Waals surface area contributed by atoms with Gasteiger partial charge in [-0.2, -0.15) is 0 Å². The largest absolute Gasteiger partial charge is 0.433 e. The number of nitrogens with zero attached hydrogens (tertiary/aromatic N) is 3. The third-order valence-electron chi connectivity index (χ3n) is 5.33. The fraction of sp³-hybridized carbons (Fsp3) is 0.583. The Balaban J connectivity index is 2.47. The molecular formula is C24H36ClFIN3O3Si. The van der Waals surface area contributed by atoms with Crippen LogP contribution in [0, 0.1) is 16.4 Å². The molecule has 190 valence electrons. The molecule has 34 heavy (non-hydrogen) atoms. The molecule has 0 radical (unpaired) electrons. The highest BCUT2D eigenvalue weighted by Gasteiger charge is 2.31. The maximum atomic E-state index is 14.4. The minimum atomic E-state index is -1.24. The molecule has 1 amide bonds. The molecule has 0 aliphatic heterocycles. The number of aromatic nitrogens is 2. The quantitative estimate of drug-likeness (QED) is 0.159. The lowest BCUT2D eigenvalue weighted by molar-refractivity contribution is 0.0453. The van der Waals surface area contributed by atoms with E-state index in [2.05, 4.69) is 42.2 Å². The highest BCUT2D eigenvalue weighted by Crippen LogP contribution is 2.31. The van der Waals surface area contributed by atoms with E-state index in [4.69, 9.17) is 26.1 Å². The smallest absolute Gasteiger partial charge is 0.411 e. The van der Waals surface area contributed by atoms with E-state index in [1.165, 1.54) is 12.1 Å². The molecule has 1 heterocycles. The first-order valence-electron chi connectivity index (χ1n) is 11.5. The number of amides is 1. The minimum Gasteiger partial charge on any atom is -0.433 e. The number of benzene rings is 1. The van der Waals surface area contributed by atoms with Crippen molar-refractivity contribution in [2.24, 2.45) is 0 Å². The van der Waals surface area contributed by atoms with Gasteiger partial charge in [0, 0.05) is 32.3 Å². The number of rotatable bonds is 10. The van der Waals surface area contributed by atoms with E-state index < -0.39 is 26.1 Å². The van der Waals surface area contributed by atoms with Gasteiger partial charge in [-0.15, -0.1) is 0 Å². The van der Waals surface area contributed by atoms with E-state index in [9.17, 15) is 9.18 Å². The molecule has 0 aliphatic carbocycles. The van der Waals surface area contributed by atoms with E-state index in [1.54, 1.807) is 11.0 Å². The lowest BCUT2D eigenvalue weighted by Crippen LogP contribution is -2.43. The Bertz CT molecular complexity index is 987. The number of carbonyl (C=O) groups is 1. The van der Waals surface area contributed by atoms with Crippen molar-refractivity contribution in [3.63, 3.8) is 0 Å². The normalized spacial score (nSPS) is 13.0. The second-order valence-corrected chi connectivity index (χ2v) is 17.2. The molecular weight excluding hydrogens is 588 g/mol. The number of aryl methyl sites for hydroxylation is 1. The Morgan fingerprint density at radius 2 is 1.85 bits per heavy atom. The van der Waals surface area contributed by atoms with Gasteiger partial charge in [0.15, 0.2) is 11.9 Å². The zero-order valence-corrected chi connectivity index (χ0v) is 25.2. The van der Waals surface area contributed by atoms with Gasteiger partial charge in [-0.3, -0.25) is 4.57 Å². The van der Waals surface area contributed by atoms with Gasteiger partial charge in [-0.05, 0) is 75.4 Å². The molecule has 0 spiro atoms. The van der Waals surface area contributed by atoms with Crippen LogP contribution in [0.5, 0.6) is 0 Å². The van der Waals surface area contributed by atoms with Crippen LogP contribution in [0.4, 0.5) is 9.18 Å². The molecule has 2 rings (SSSR count). The van der Waals surface area contributed by atoms with Crippen LogP contribution in [0.25, 0.3) is 0 Å². The molecule has 0 aliphatic rings. The van der Waals surface area contributed by atoms with Crippen LogP contribution < -0.4 is 0 Å². The van der Waals surface area contributed by atoms with Gasteiger partial charge in [0.25, 0.3) is 0 Å². The van der Waals surface area contributed by atoms with Gasteiger partial charge in [-0.25, -0.2) is 14.2 Å². The summed E-state index contributed by atoms with van der Waals surface area (Å²) in [5.41, 5.74) is 1.23. The number of halogens is 3. The Kier molecular flexibility index (Phi) is 10.4. The van der Waals surface area contributed by atoms with Crippen LogP contribution in [0.1, 0.15) is 50.9 Å². The highest BCUT2D eigenvalue weighted by atomic mass is 127. The fourth-order valence-electron chi connectivity index (χ4n) is 3.56. The van der Waals surface area contributed by atoms with Gasteiger partial charge in [0.05, 0.1) is 10.7 Å². The molecule has 1 atom stereocenters. The zero-order chi connectivity index (χ0) is 25.8. The van der Waals surface area contributed by atoms with Crippen molar-refractivity contribution in [1.29, 1.82) is 0 Å². The Labute approximate surface area is 222 Å². The first-order valence-corrected chi connectivity index (χ1v) is 16.6. The van der Waals surface area contributed by atoms with Crippen molar-refractivity contribution >= 4 is 48.4 Å². The van der Waals surface area contributed by atoms with Crippen LogP contribution >= 0.6 is 34.2 Å². The predicted octanol–water partition coefficient (Wildman–Crippen LogP) is 7.25. The lowest BCUT2D eigenvalue weighted by Gasteiger charge is -2.31. The number of imidazole rings is 1. The Morgan fingerprint density at radius 1 is 1.24 bits per heavy atom. The first kappa shape index (κ1) is 29.1. The summed E-state index contributed by atoms with van der Waals surface area (Å²) in [5, 5.41) is 0.00333. The second kappa shape index (κ2) is 12.2. The van der Waals surface area contributed by atoms with Crippen molar-refractivity contribution in [1.82, 2.24) is 14.5 Å². The van der Waals surface area contributed by atoms with Crippen molar-refractivity contribution < 1.29 is 18.7 Å². The van der Waals surface area contributed by atoms with E-state index in [-0.39, 0.29) is 23.8 Å². The van der Waals surface area contributed by atoms with Crippen LogP contribution in [0.15, 0.2) is 18.2 Å². The van der Waals surface area contributed by atoms with Gasteiger partial charge in [0.1, 0.15) is 16.2 Å². The van der Waals surface area contributed by atoms with Gasteiger partial charge in [0.2, 0.25) is 0 Å². The van der Waals surface area contributed by atoms with Crippen molar-refractivity contribution in [3.05, 3.63) is 49.8 Å². The van der Waals surface area contributed by atoms with Crippen LogP contribution in [0.3, 0.4) is 0 Å². The number of carbonyl (C=O) groups excluding carboxylic acids is 1. The van der Waals surface area contributed by atoms with Gasteiger partial charge >= 0.3 is 6.09 Å². The lowest BCUT2D eigenvalue weighted by atomic mass is 10.1. The molecule has 1 aromatic heterocycles. The van der Waals surface area contributed by atoms with E-state index in [0.717, 1.165) is 15.4 Å². The summed E-state index contributed by atoms with van der Waals surface area (Å²) in [7, 11) is -1.24. The van der Waals surface area contributed by atoms with Crippen molar-refractivity contribution in [2.45, 2.75) is 85.2 Å². The van der Waals surface area contributed by atoms with Crippen molar-refractivity contribution in [3.8, 4) is 0 Å². The molecule has 1 aromatic carbocycles. The van der Waals surface area contributed by atoms with Crippen LogP contribution in [-0.4, -0.2) is 47.3 Å². The Hall–Kier alpha value is -1.17. The zero-order valence-electron chi connectivity index (χ0n) is 21.3. The summed E-state index contributed by atoms with van der Waals surface area (Å²) >= 11 is 8.13. The first-order chi connectivity index (χ1) is 15.7. The minimum absolute atomic E-state index is 0.00333. The van der Waals surface area contributed by atoms with Crippen LogP contribution in [-0.2, 0) is 16.2 Å². The van der Waals surface area contributed by atoms with Gasteiger partial charge < -0.3 is 14.4 Å². The van der Waals surface area contributed by atoms with Crippen LogP contribution in [0.2, 0.25) is 30.7 Å². The molecule has 0 fully saturated rings. The second-order valence-electron chi connectivity index (χ2n) is 10.2. The highest BCUT2D eigenvalue weighted by molar-refractivity contribution is 14.1.